The van der Waals surface area contributed by atoms with Crippen LogP contribution in [0.3, 0.4) is 0 Å². The highest BCUT2D eigenvalue weighted by Gasteiger charge is 2.34. The molecule has 1 aliphatic carbocycles. The van der Waals surface area contributed by atoms with Crippen LogP contribution in [0.1, 0.15) is 44.4 Å². The van der Waals surface area contributed by atoms with E-state index in [0.717, 1.165) is 26.1 Å². The van der Waals surface area contributed by atoms with Gasteiger partial charge in [-0.1, -0.05) is 31.2 Å². The summed E-state index contributed by atoms with van der Waals surface area (Å²) in [5.41, 5.74) is 2.97. The predicted molar refractivity (Wildman–Crippen MR) is 88.7 cm³/mol. The van der Waals surface area contributed by atoms with E-state index in [-0.39, 0.29) is 0 Å². The van der Waals surface area contributed by atoms with Gasteiger partial charge in [0.1, 0.15) is 0 Å². The molecule has 0 saturated heterocycles. The molecule has 0 heterocycles. The molecule has 2 unspecified atom stereocenters. The van der Waals surface area contributed by atoms with Crippen LogP contribution in [0.4, 0.5) is 0 Å². The van der Waals surface area contributed by atoms with E-state index in [1.807, 2.05) is 0 Å². The second-order valence-electron chi connectivity index (χ2n) is 6.30. The molecular formula is C18H30N2O. The van der Waals surface area contributed by atoms with Gasteiger partial charge in [-0.25, -0.2) is 0 Å². The van der Waals surface area contributed by atoms with Gasteiger partial charge >= 0.3 is 0 Å². The molecule has 1 aliphatic rings. The predicted octanol–water partition coefficient (Wildman–Crippen LogP) is 3.01. The van der Waals surface area contributed by atoms with E-state index in [9.17, 15) is 0 Å². The van der Waals surface area contributed by atoms with Crippen molar-refractivity contribution in [2.24, 2.45) is 0 Å². The van der Waals surface area contributed by atoms with E-state index in [1.165, 1.54) is 17.5 Å². The first kappa shape index (κ1) is 16.5. The van der Waals surface area contributed by atoms with Crippen molar-refractivity contribution in [3.05, 3.63) is 35.4 Å². The van der Waals surface area contributed by atoms with Gasteiger partial charge in [0.05, 0.1) is 12.7 Å². The molecule has 0 radical (unpaired) electrons. The number of ether oxygens (including phenoxy) is 1. The molecule has 0 aromatic heterocycles. The minimum atomic E-state index is 0.313. The van der Waals surface area contributed by atoms with Crippen LogP contribution < -0.4 is 5.32 Å². The van der Waals surface area contributed by atoms with Crippen LogP contribution in [0.25, 0.3) is 0 Å². The summed E-state index contributed by atoms with van der Waals surface area (Å²) in [6.45, 7) is 9.28. The standard InChI is InChI=1S/C18H30N2O/c1-5-10-19-18-16-9-7-6-8-15(16)13-17(18)20(4)11-12-21-14(2)3/h6-9,14,17-19H,5,10-13H2,1-4H3. The number of hydrogen-bond acceptors (Lipinski definition) is 3. The van der Waals surface area contributed by atoms with Crippen LogP contribution in [-0.2, 0) is 11.2 Å². The zero-order valence-electron chi connectivity index (χ0n) is 13.9. The number of likely N-dealkylation sites (N-methyl/N-ethyl adjacent to an activating group) is 1. The maximum absolute atomic E-state index is 5.70. The zero-order valence-corrected chi connectivity index (χ0v) is 13.9. The molecule has 1 aromatic carbocycles. The summed E-state index contributed by atoms with van der Waals surface area (Å²) in [5.74, 6) is 0. The Balaban J connectivity index is 2.01. The first-order chi connectivity index (χ1) is 10.1. The summed E-state index contributed by atoms with van der Waals surface area (Å²) in [6.07, 6.45) is 2.62. The van der Waals surface area contributed by atoms with Crippen molar-refractivity contribution in [2.45, 2.75) is 51.8 Å². The lowest BCUT2D eigenvalue weighted by Gasteiger charge is -2.31. The summed E-state index contributed by atoms with van der Waals surface area (Å²) in [4.78, 5) is 2.45. The quantitative estimate of drug-likeness (QED) is 0.796. The third-order valence-electron chi connectivity index (χ3n) is 4.28. The van der Waals surface area contributed by atoms with Gasteiger partial charge in [-0.2, -0.15) is 0 Å². The van der Waals surface area contributed by atoms with Crippen LogP contribution in [-0.4, -0.2) is 43.8 Å². The molecule has 118 valence electrons. The molecule has 21 heavy (non-hydrogen) atoms. The Labute approximate surface area is 129 Å². The van der Waals surface area contributed by atoms with Crippen LogP contribution in [0, 0.1) is 0 Å². The molecule has 2 rings (SSSR count). The van der Waals surface area contributed by atoms with E-state index < -0.39 is 0 Å². The van der Waals surface area contributed by atoms with Crippen LogP contribution >= 0.6 is 0 Å². The van der Waals surface area contributed by atoms with Gasteiger partial charge in [0, 0.05) is 18.6 Å². The third kappa shape index (κ3) is 4.29. The van der Waals surface area contributed by atoms with Crippen LogP contribution in [0.15, 0.2) is 24.3 Å². The molecule has 0 fully saturated rings. The Hall–Kier alpha value is -0.900. The highest BCUT2D eigenvalue weighted by atomic mass is 16.5. The summed E-state index contributed by atoms with van der Waals surface area (Å²) < 4.78 is 5.70. The van der Waals surface area contributed by atoms with E-state index in [4.69, 9.17) is 4.74 Å². The number of nitrogens with zero attached hydrogens (tertiary/aromatic N) is 1. The van der Waals surface area contributed by atoms with E-state index in [2.05, 4.69) is 62.3 Å². The monoisotopic (exact) mass is 290 g/mol. The first-order valence-corrected chi connectivity index (χ1v) is 8.26. The van der Waals surface area contributed by atoms with Crippen molar-refractivity contribution >= 4 is 0 Å². The zero-order chi connectivity index (χ0) is 15.2. The molecule has 0 spiro atoms. The molecular weight excluding hydrogens is 260 g/mol. The Morgan fingerprint density at radius 1 is 1.33 bits per heavy atom. The molecule has 0 bridgehead atoms. The second-order valence-corrected chi connectivity index (χ2v) is 6.30. The molecule has 3 nitrogen and oxygen atoms in total. The number of benzene rings is 1. The average molecular weight is 290 g/mol. The fraction of sp³-hybridized carbons (Fsp3) is 0.667. The normalized spacial score (nSPS) is 21.2. The van der Waals surface area contributed by atoms with Crippen LogP contribution in [0.5, 0.6) is 0 Å². The molecule has 2 atom stereocenters. The van der Waals surface area contributed by atoms with Gasteiger partial charge in [-0.05, 0) is 51.4 Å². The molecule has 0 saturated carbocycles. The van der Waals surface area contributed by atoms with E-state index in [1.54, 1.807) is 0 Å². The average Bonchev–Trinajstić information content (AvgIpc) is 2.83. The Bertz CT molecular complexity index is 433. The second kappa shape index (κ2) is 7.92. The van der Waals surface area contributed by atoms with Crippen molar-refractivity contribution < 1.29 is 4.74 Å². The van der Waals surface area contributed by atoms with Crippen molar-refractivity contribution in [1.29, 1.82) is 0 Å². The SMILES string of the molecule is CCCNC1c2ccccc2CC1N(C)CCOC(C)C. The largest absolute Gasteiger partial charge is 0.377 e. The molecule has 1 aromatic rings. The smallest absolute Gasteiger partial charge is 0.0596 e. The topological polar surface area (TPSA) is 24.5 Å². The van der Waals surface area contributed by atoms with Gasteiger partial charge < -0.3 is 10.1 Å². The van der Waals surface area contributed by atoms with Gasteiger partial charge in [-0.15, -0.1) is 0 Å². The van der Waals surface area contributed by atoms with Gasteiger partial charge in [-0.3, -0.25) is 4.90 Å². The minimum Gasteiger partial charge on any atom is -0.377 e. The first-order valence-electron chi connectivity index (χ1n) is 8.26. The summed E-state index contributed by atoms with van der Waals surface area (Å²) >= 11 is 0. The van der Waals surface area contributed by atoms with Crippen molar-refractivity contribution in [3.63, 3.8) is 0 Å². The van der Waals surface area contributed by atoms with Crippen molar-refractivity contribution in [2.75, 3.05) is 26.7 Å². The lowest BCUT2D eigenvalue weighted by Crippen LogP contribution is -2.42. The number of fused-ring (bicyclic) bond motifs is 1. The van der Waals surface area contributed by atoms with E-state index in [0.29, 0.717) is 18.2 Å². The summed E-state index contributed by atoms with van der Waals surface area (Å²) in [6, 6.07) is 9.84. The molecule has 0 amide bonds. The lowest BCUT2D eigenvalue weighted by molar-refractivity contribution is 0.0527. The van der Waals surface area contributed by atoms with Crippen molar-refractivity contribution in [3.8, 4) is 0 Å². The number of rotatable bonds is 8. The maximum atomic E-state index is 5.70. The highest BCUT2D eigenvalue weighted by Crippen LogP contribution is 2.33. The lowest BCUT2D eigenvalue weighted by atomic mass is 10.1. The highest BCUT2D eigenvalue weighted by molar-refractivity contribution is 5.37. The van der Waals surface area contributed by atoms with Gasteiger partial charge in [0.15, 0.2) is 0 Å². The maximum Gasteiger partial charge on any atom is 0.0596 e. The Morgan fingerprint density at radius 3 is 2.81 bits per heavy atom. The van der Waals surface area contributed by atoms with E-state index >= 15 is 0 Å². The minimum absolute atomic E-state index is 0.313. The molecule has 1 N–H and O–H groups in total. The van der Waals surface area contributed by atoms with Crippen LogP contribution in [0.2, 0.25) is 0 Å². The fourth-order valence-electron chi connectivity index (χ4n) is 3.13. The fourth-order valence-corrected chi connectivity index (χ4v) is 3.13. The molecule has 3 heteroatoms. The third-order valence-corrected chi connectivity index (χ3v) is 4.28. The number of nitrogens with one attached hydrogen (secondary N) is 1. The Kier molecular flexibility index (Phi) is 6.22. The number of hydrogen-bond donors (Lipinski definition) is 1. The summed E-state index contributed by atoms with van der Waals surface area (Å²) in [7, 11) is 2.22. The summed E-state index contributed by atoms with van der Waals surface area (Å²) in [5, 5.41) is 3.74. The van der Waals surface area contributed by atoms with Crippen molar-refractivity contribution in [1.82, 2.24) is 10.2 Å². The molecule has 0 aliphatic heterocycles. The Morgan fingerprint density at radius 2 is 2.10 bits per heavy atom. The van der Waals surface area contributed by atoms with Gasteiger partial charge in [0.25, 0.3) is 0 Å². The van der Waals surface area contributed by atoms with Gasteiger partial charge in [0.2, 0.25) is 0 Å².